The summed E-state index contributed by atoms with van der Waals surface area (Å²) in [5.41, 5.74) is 0.925. The number of hydrogen-bond donors (Lipinski definition) is 1. The molecule has 0 spiro atoms. The zero-order valence-corrected chi connectivity index (χ0v) is 18.8. The standard InChI is InChI=1S/C23H26BrNO5/c1-23(2,3)30-21(27)19(24)20(26)18(14-16-10-6-4-7-11-16)25-22(28)29-15-17-12-8-5-9-13-17/h4-13,18-19H,14-15H2,1-3H3,(H,25,28)/t18-,19?/m0/s1. The highest BCUT2D eigenvalue weighted by atomic mass is 79.9. The van der Waals surface area contributed by atoms with E-state index in [-0.39, 0.29) is 13.0 Å². The summed E-state index contributed by atoms with van der Waals surface area (Å²) in [6.07, 6.45) is -0.526. The maximum atomic E-state index is 13.0. The second-order valence-electron chi connectivity index (χ2n) is 7.75. The third-order valence-electron chi connectivity index (χ3n) is 3.99. The summed E-state index contributed by atoms with van der Waals surface area (Å²) in [5, 5.41) is 2.59. The van der Waals surface area contributed by atoms with Gasteiger partial charge in [-0.3, -0.25) is 9.59 Å². The lowest BCUT2D eigenvalue weighted by Gasteiger charge is -2.24. The van der Waals surface area contributed by atoms with E-state index in [9.17, 15) is 14.4 Å². The Kier molecular flexibility index (Phi) is 8.59. The first-order valence-electron chi connectivity index (χ1n) is 9.57. The number of amides is 1. The van der Waals surface area contributed by atoms with Gasteiger partial charge in [-0.05, 0) is 38.3 Å². The van der Waals surface area contributed by atoms with E-state index in [1.54, 1.807) is 20.8 Å². The molecule has 0 aliphatic heterocycles. The molecule has 0 aliphatic carbocycles. The van der Waals surface area contributed by atoms with Crippen molar-refractivity contribution in [2.75, 3.05) is 0 Å². The summed E-state index contributed by atoms with van der Waals surface area (Å²) in [6.45, 7) is 5.23. The molecule has 2 aromatic carbocycles. The number of esters is 1. The molecule has 0 bridgehead atoms. The molecule has 7 heteroatoms. The molecule has 2 rings (SSSR count). The first-order valence-corrected chi connectivity index (χ1v) is 10.5. The van der Waals surface area contributed by atoms with Crippen molar-refractivity contribution in [2.24, 2.45) is 0 Å². The third-order valence-corrected chi connectivity index (χ3v) is 4.82. The quantitative estimate of drug-likeness (QED) is 0.351. The fourth-order valence-corrected chi connectivity index (χ4v) is 3.04. The van der Waals surface area contributed by atoms with Crippen LogP contribution in [0, 0.1) is 0 Å². The van der Waals surface area contributed by atoms with Crippen LogP contribution in [-0.2, 0) is 32.1 Å². The van der Waals surface area contributed by atoms with Crippen LogP contribution >= 0.6 is 15.9 Å². The van der Waals surface area contributed by atoms with Crippen molar-refractivity contribution in [1.29, 1.82) is 0 Å². The number of ketones is 1. The van der Waals surface area contributed by atoms with Crippen LogP contribution < -0.4 is 5.32 Å². The van der Waals surface area contributed by atoms with Crippen LogP contribution in [-0.4, -0.2) is 34.3 Å². The second kappa shape index (κ2) is 10.9. The molecule has 0 saturated heterocycles. The predicted molar refractivity (Wildman–Crippen MR) is 117 cm³/mol. The number of carbonyl (C=O) groups is 3. The number of benzene rings is 2. The van der Waals surface area contributed by atoms with E-state index < -0.39 is 34.3 Å². The molecule has 0 saturated carbocycles. The van der Waals surface area contributed by atoms with Crippen LogP contribution in [0.25, 0.3) is 0 Å². The number of alkyl carbamates (subject to hydrolysis) is 1. The largest absolute Gasteiger partial charge is 0.459 e. The highest BCUT2D eigenvalue weighted by molar-refractivity contribution is 9.10. The Balaban J connectivity index is 2.08. The summed E-state index contributed by atoms with van der Waals surface area (Å²) >= 11 is 3.12. The van der Waals surface area contributed by atoms with Gasteiger partial charge in [-0.25, -0.2) is 4.79 Å². The van der Waals surface area contributed by atoms with Crippen molar-refractivity contribution in [3.63, 3.8) is 0 Å². The molecule has 30 heavy (non-hydrogen) atoms. The van der Waals surface area contributed by atoms with Gasteiger partial charge in [0, 0.05) is 0 Å². The van der Waals surface area contributed by atoms with E-state index >= 15 is 0 Å². The normalized spacial score (nSPS) is 13.1. The maximum absolute atomic E-state index is 13.0. The Labute approximate surface area is 185 Å². The lowest BCUT2D eigenvalue weighted by molar-refractivity contribution is -0.155. The molecule has 1 N–H and O–H groups in total. The van der Waals surface area contributed by atoms with Crippen LogP contribution in [0.1, 0.15) is 31.9 Å². The van der Waals surface area contributed by atoms with Gasteiger partial charge in [-0.2, -0.15) is 0 Å². The first kappa shape index (κ1) is 23.6. The van der Waals surface area contributed by atoms with Crippen LogP contribution in [0.5, 0.6) is 0 Å². The maximum Gasteiger partial charge on any atom is 0.408 e. The summed E-state index contributed by atoms with van der Waals surface area (Å²) in [7, 11) is 0. The third kappa shape index (κ3) is 7.99. The van der Waals surface area contributed by atoms with Crippen LogP contribution in [0.3, 0.4) is 0 Å². The number of Topliss-reactive ketones (excluding diaryl/α,β-unsaturated/α-hetero) is 1. The van der Waals surface area contributed by atoms with Crippen molar-refractivity contribution in [3.05, 3.63) is 71.8 Å². The molecule has 0 radical (unpaired) electrons. The zero-order valence-electron chi connectivity index (χ0n) is 17.3. The lowest BCUT2D eigenvalue weighted by Crippen LogP contribution is -2.48. The van der Waals surface area contributed by atoms with Crippen molar-refractivity contribution in [3.8, 4) is 0 Å². The Hall–Kier alpha value is -2.67. The Morgan fingerprint density at radius 2 is 1.47 bits per heavy atom. The number of halogens is 1. The monoisotopic (exact) mass is 475 g/mol. The van der Waals surface area contributed by atoms with Gasteiger partial charge in [0.05, 0.1) is 6.04 Å². The average molecular weight is 476 g/mol. The molecular formula is C23H26BrNO5. The highest BCUT2D eigenvalue weighted by Gasteiger charge is 2.34. The van der Waals surface area contributed by atoms with Crippen molar-refractivity contribution < 1.29 is 23.9 Å². The van der Waals surface area contributed by atoms with Gasteiger partial charge in [-0.15, -0.1) is 0 Å². The van der Waals surface area contributed by atoms with Crippen molar-refractivity contribution in [1.82, 2.24) is 5.32 Å². The number of carbonyl (C=O) groups excluding carboxylic acids is 3. The molecule has 0 aromatic heterocycles. The predicted octanol–water partition coefficient (Wildman–Crippen LogP) is 4.20. The molecule has 0 heterocycles. The smallest absolute Gasteiger partial charge is 0.408 e. The fraction of sp³-hybridized carbons (Fsp3) is 0.348. The van der Waals surface area contributed by atoms with Crippen LogP contribution in [0.2, 0.25) is 0 Å². The molecule has 0 fully saturated rings. The fourth-order valence-electron chi connectivity index (χ4n) is 2.63. The van der Waals surface area contributed by atoms with Gasteiger partial charge in [0.25, 0.3) is 0 Å². The van der Waals surface area contributed by atoms with Gasteiger partial charge in [0.15, 0.2) is 10.6 Å². The van der Waals surface area contributed by atoms with E-state index in [0.29, 0.717) is 0 Å². The topological polar surface area (TPSA) is 81.7 Å². The van der Waals surface area contributed by atoms with Crippen LogP contribution in [0.15, 0.2) is 60.7 Å². The van der Waals surface area contributed by atoms with Gasteiger partial charge in [0.2, 0.25) is 0 Å². The minimum atomic E-state index is -1.21. The highest BCUT2D eigenvalue weighted by Crippen LogP contribution is 2.16. The summed E-state index contributed by atoms with van der Waals surface area (Å²) in [6, 6.07) is 17.5. The first-order chi connectivity index (χ1) is 14.2. The van der Waals surface area contributed by atoms with Crippen LogP contribution in [0.4, 0.5) is 4.79 Å². The summed E-state index contributed by atoms with van der Waals surface area (Å²) in [4.78, 5) is 36.4. The Morgan fingerprint density at radius 1 is 0.933 bits per heavy atom. The Bertz CT molecular complexity index is 849. The molecule has 0 aliphatic rings. The number of rotatable bonds is 8. The van der Waals surface area contributed by atoms with Crippen molar-refractivity contribution >= 4 is 33.8 Å². The lowest BCUT2D eigenvalue weighted by atomic mass is 10.0. The van der Waals surface area contributed by atoms with Crippen molar-refractivity contribution in [2.45, 2.75) is 50.3 Å². The van der Waals surface area contributed by atoms with E-state index in [4.69, 9.17) is 9.47 Å². The number of ether oxygens (including phenoxy) is 2. The molecule has 160 valence electrons. The molecule has 6 nitrogen and oxygen atoms in total. The number of alkyl halides is 1. The zero-order chi connectivity index (χ0) is 22.1. The SMILES string of the molecule is CC(C)(C)OC(=O)C(Br)C(=O)[C@H](Cc1ccccc1)NC(=O)OCc1ccccc1. The van der Waals surface area contributed by atoms with Gasteiger partial charge in [-0.1, -0.05) is 76.6 Å². The average Bonchev–Trinajstić information content (AvgIpc) is 2.71. The van der Waals surface area contributed by atoms with Gasteiger partial charge in [0.1, 0.15) is 12.2 Å². The van der Waals surface area contributed by atoms with Gasteiger partial charge < -0.3 is 14.8 Å². The van der Waals surface area contributed by atoms with E-state index in [0.717, 1.165) is 11.1 Å². The molecular weight excluding hydrogens is 450 g/mol. The molecule has 1 unspecified atom stereocenters. The van der Waals surface area contributed by atoms with Gasteiger partial charge >= 0.3 is 12.1 Å². The van der Waals surface area contributed by atoms with E-state index in [2.05, 4.69) is 21.2 Å². The molecule has 2 aromatic rings. The molecule has 2 atom stereocenters. The molecule has 1 amide bonds. The minimum absolute atomic E-state index is 0.0722. The Morgan fingerprint density at radius 3 is 2.00 bits per heavy atom. The number of nitrogens with one attached hydrogen (secondary N) is 1. The minimum Gasteiger partial charge on any atom is -0.459 e. The summed E-state index contributed by atoms with van der Waals surface area (Å²) in [5.74, 6) is -1.21. The number of hydrogen-bond acceptors (Lipinski definition) is 5. The summed E-state index contributed by atoms with van der Waals surface area (Å²) < 4.78 is 10.5. The van der Waals surface area contributed by atoms with E-state index in [1.807, 2.05) is 60.7 Å². The van der Waals surface area contributed by atoms with E-state index in [1.165, 1.54) is 0 Å². The second-order valence-corrected chi connectivity index (χ2v) is 8.66.